The summed E-state index contributed by atoms with van der Waals surface area (Å²) >= 11 is 0. The van der Waals surface area contributed by atoms with Crippen LogP contribution < -0.4 is 5.32 Å². The van der Waals surface area contributed by atoms with E-state index in [0.29, 0.717) is 11.8 Å². The predicted octanol–water partition coefficient (Wildman–Crippen LogP) is 2.79. The van der Waals surface area contributed by atoms with Gasteiger partial charge in [-0.25, -0.2) is 4.79 Å². The summed E-state index contributed by atoms with van der Waals surface area (Å²) in [6.07, 6.45) is 2.53. The van der Waals surface area contributed by atoms with Crippen LogP contribution in [-0.2, 0) is 9.53 Å². The number of amides is 2. The summed E-state index contributed by atoms with van der Waals surface area (Å²) in [5.41, 5.74) is -0.265. The lowest BCUT2D eigenvalue weighted by Crippen LogP contribution is -2.68. The number of piperidine rings is 1. The lowest BCUT2D eigenvalue weighted by Gasteiger charge is -2.49. The van der Waals surface area contributed by atoms with E-state index in [1.165, 1.54) is 0 Å². The molecule has 0 spiro atoms. The average molecular weight is 310 g/mol. The van der Waals surface area contributed by atoms with Crippen LogP contribution in [0.5, 0.6) is 0 Å². The number of nitrogens with zero attached hydrogens (tertiary/aromatic N) is 1. The van der Waals surface area contributed by atoms with Gasteiger partial charge in [-0.3, -0.25) is 4.79 Å². The van der Waals surface area contributed by atoms with Crippen LogP contribution in [0.4, 0.5) is 4.79 Å². The fraction of sp³-hybridized carbons (Fsp3) is 0.882. The SMILES string of the molecule is CC(C)C[C@H](C)OC(=O)N1CCC([C@@H]2NC(=O)C2(C)C)CC1. The lowest BCUT2D eigenvalue weighted by atomic mass is 9.68. The molecule has 0 unspecified atom stereocenters. The van der Waals surface area contributed by atoms with E-state index in [2.05, 4.69) is 19.2 Å². The zero-order chi connectivity index (χ0) is 16.5. The number of hydrogen-bond donors (Lipinski definition) is 1. The minimum Gasteiger partial charge on any atom is -0.446 e. The summed E-state index contributed by atoms with van der Waals surface area (Å²) in [6, 6.07) is 0.248. The molecule has 2 rings (SSSR count). The Labute approximate surface area is 133 Å². The van der Waals surface area contributed by atoms with Gasteiger partial charge in [0.1, 0.15) is 6.10 Å². The maximum Gasteiger partial charge on any atom is 0.410 e. The number of carbonyl (C=O) groups is 2. The molecule has 0 saturated carbocycles. The molecule has 0 bridgehead atoms. The second kappa shape index (κ2) is 6.47. The summed E-state index contributed by atoms with van der Waals surface area (Å²) in [6.45, 7) is 11.7. The fourth-order valence-corrected chi connectivity index (χ4v) is 3.65. The van der Waals surface area contributed by atoms with Crippen molar-refractivity contribution in [1.29, 1.82) is 0 Å². The monoisotopic (exact) mass is 310 g/mol. The Kier molecular flexibility index (Phi) is 5.03. The Morgan fingerprint density at radius 3 is 2.36 bits per heavy atom. The Bertz CT molecular complexity index is 426. The molecule has 2 aliphatic heterocycles. The van der Waals surface area contributed by atoms with Crippen molar-refractivity contribution in [3.8, 4) is 0 Å². The average Bonchev–Trinajstić information content (AvgIpc) is 2.43. The van der Waals surface area contributed by atoms with Gasteiger partial charge < -0.3 is 15.0 Å². The van der Waals surface area contributed by atoms with Gasteiger partial charge in [0.05, 0.1) is 5.41 Å². The number of nitrogens with one attached hydrogen (secondary N) is 1. The topological polar surface area (TPSA) is 58.6 Å². The number of likely N-dealkylation sites (tertiary alicyclic amines) is 1. The first-order valence-corrected chi connectivity index (χ1v) is 8.48. The molecular weight excluding hydrogens is 280 g/mol. The molecule has 5 heteroatoms. The second-order valence-corrected chi connectivity index (χ2v) is 7.82. The van der Waals surface area contributed by atoms with E-state index in [1.54, 1.807) is 4.90 Å². The third-order valence-electron chi connectivity index (χ3n) is 5.02. The van der Waals surface area contributed by atoms with Crippen molar-refractivity contribution in [2.24, 2.45) is 17.3 Å². The van der Waals surface area contributed by atoms with Gasteiger partial charge in [-0.2, -0.15) is 0 Å². The summed E-state index contributed by atoms with van der Waals surface area (Å²) in [7, 11) is 0. The number of carbonyl (C=O) groups excluding carboxylic acids is 2. The van der Waals surface area contributed by atoms with E-state index >= 15 is 0 Å². The van der Waals surface area contributed by atoms with Crippen molar-refractivity contribution in [3.63, 3.8) is 0 Å². The molecule has 2 heterocycles. The fourth-order valence-electron chi connectivity index (χ4n) is 3.65. The molecule has 2 amide bonds. The maximum absolute atomic E-state index is 12.2. The van der Waals surface area contributed by atoms with Crippen LogP contribution in [0.15, 0.2) is 0 Å². The minimum absolute atomic E-state index is 0.0323. The van der Waals surface area contributed by atoms with Gasteiger partial charge in [0, 0.05) is 19.1 Å². The molecule has 126 valence electrons. The largest absolute Gasteiger partial charge is 0.446 e. The highest BCUT2D eigenvalue weighted by Gasteiger charge is 2.51. The van der Waals surface area contributed by atoms with Crippen LogP contribution in [0.3, 0.4) is 0 Å². The molecule has 0 aliphatic carbocycles. The summed E-state index contributed by atoms with van der Waals surface area (Å²) in [4.78, 5) is 25.6. The standard InChI is InChI=1S/C17H30N2O3/c1-11(2)10-12(3)22-16(21)19-8-6-13(7-9-19)14-17(4,5)15(20)18-14/h11-14H,6-10H2,1-5H3,(H,18,20)/t12-,14-/m0/s1. The highest BCUT2D eigenvalue weighted by Crippen LogP contribution is 2.38. The van der Waals surface area contributed by atoms with Crippen LogP contribution in [0, 0.1) is 17.3 Å². The summed E-state index contributed by atoms with van der Waals surface area (Å²) in [5.74, 6) is 1.13. The van der Waals surface area contributed by atoms with Crippen LogP contribution >= 0.6 is 0 Å². The number of rotatable bonds is 4. The number of ether oxygens (including phenoxy) is 1. The van der Waals surface area contributed by atoms with Gasteiger partial charge >= 0.3 is 6.09 Å². The van der Waals surface area contributed by atoms with Crippen LogP contribution in [0.1, 0.15) is 53.9 Å². The Morgan fingerprint density at radius 2 is 1.91 bits per heavy atom. The third kappa shape index (κ3) is 3.55. The molecular formula is C17H30N2O3. The highest BCUT2D eigenvalue weighted by molar-refractivity contribution is 5.89. The van der Waals surface area contributed by atoms with Crippen molar-refractivity contribution in [2.75, 3.05) is 13.1 Å². The van der Waals surface area contributed by atoms with Gasteiger partial charge in [0.25, 0.3) is 0 Å². The van der Waals surface area contributed by atoms with Gasteiger partial charge in [0.15, 0.2) is 0 Å². The van der Waals surface area contributed by atoms with Gasteiger partial charge in [-0.15, -0.1) is 0 Å². The summed E-state index contributed by atoms with van der Waals surface area (Å²) in [5, 5.41) is 3.03. The third-order valence-corrected chi connectivity index (χ3v) is 5.02. The van der Waals surface area contributed by atoms with Crippen molar-refractivity contribution >= 4 is 12.0 Å². The van der Waals surface area contributed by atoms with E-state index in [1.807, 2.05) is 20.8 Å². The summed E-state index contributed by atoms with van der Waals surface area (Å²) < 4.78 is 5.51. The van der Waals surface area contributed by atoms with Crippen LogP contribution in [0.2, 0.25) is 0 Å². The molecule has 0 aromatic carbocycles. The second-order valence-electron chi connectivity index (χ2n) is 7.82. The zero-order valence-corrected chi connectivity index (χ0v) is 14.5. The molecule has 2 aliphatic rings. The Balaban J connectivity index is 1.77. The molecule has 22 heavy (non-hydrogen) atoms. The quantitative estimate of drug-likeness (QED) is 0.812. The molecule has 5 nitrogen and oxygen atoms in total. The minimum atomic E-state index is -0.265. The molecule has 2 fully saturated rings. The number of β-lactam (4-membered cyclic amide) rings is 1. The van der Waals surface area contributed by atoms with E-state index in [0.717, 1.165) is 32.4 Å². The van der Waals surface area contributed by atoms with Crippen molar-refractivity contribution in [2.45, 2.75) is 66.0 Å². The molecule has 2 atom stereocenters. The Hall–Kier alpha value is -1.26. The first-order chi connectivity index (χ1) is 10.2. The van der Waals surface area contributed by atoms with Crippen molar-refractivity contribution in [3.05, 3.63) is 0 Å². The lowest BCUT2D eigenvalue weighted by molar-refractivity contribution is -0.146. The van der Waals surface area contributed by atoms with Crippen LogP contribution in [0.25, 0.3) is 0 Å². The molecule has 0 aromatic rings. The van der Waals surface area contributed by atoms with Gasteiger partial charge in [-0.1, -0.05) is 13.8 Å². The Morgan fingerprint density at radius 1 is 1.32 bits per heavy atom. The number of hydrogen-bond acceptors (Lipinski definition) is 3. The molecule has 0 radical (unpaired) electrons. The first-order valence-electron chi connectivity index (χ1n) is 8.48. The smallest absolute Gasteiger partial charge is 0.410 e. The van der Waals surface area contributed by atoms with E-state index < -0.39 is 0 Å². The van der Waals surface area contributed by atoms with E-state index in [4.69, 9.17) is 4.74 Å². The van der Waals surface area contributed by atoms with E-state index in [9.17, 15) is 9.59 Å². The zero-order valence-electron chi connectivity index (χ0n) is 14.5. The van der Waals surface area contributed by atoms with Crippen LogP contribution in [-0.4, -0.2) is 42.1 Å². The molecule has 2 saturated heterocycles. The highest BCUT2D eigenvalue weighted by atomic mass is 16.6. The maximum atomic E-state index is 12.2. The normalized spacial score (nSPS) is 26.4. The van der Waals surface area contributed by atoms with Gasteiger partial charge in [0.2, 0.25) is 5.91 Å². The first kappa shape index (κ1) is 17.1. The molecule has 1 N–H and O–H groups in total. The predicted molar refractivity (Wildman–Crippen MR) is 85.4 cm³/mol. The van der Waals surface area contributed by atoms with Crippen molar-refractivity contribution < 1.29 is 14.3 Å². The van der Waals surface area contributed by atoms with Gasteiger partial charge in [-0.05, 0) is 51.9 Å². The van der Waals surface area contributed by atoms with Crippen molar-refractivity contribution in [1.82, 2.24) is 10.2 Å². The molecule has 0 aromatic heterocycles. The van der Waals surface area contributed by atoms with E-state index in [-0.39, 0.29) is 29.6 Å².